The number of hydrogen-bond donors (Lipinski definition) is 2. The highest BCUT2D eigenvalue weighted by molar-refractivity contribution is 6.35. The number of fused-ring (bicyclic) bond motifs is 1. The maximum absolute atomic E-state index is 13.4. The number of hydrazine groups is 1. The number of likely N-dealkylation sites (N-methyl/N-ethyl adjacent to an activating group) is 1. The number of carbonyl (C=O) groups excluding carboxylic acids is 3. The summed E-state index contributed by atoms with van der Waals surface area (Å²) in [6.07, 6.45) is -1.53. The molecule has 0 bridgehead atoms. The van der Waals surface area contributed by atoms with Gasteiger partial charge in [-0.15, -0.1) is 0 Å². The Labute approximate surface area is 229 Å². The molecule has 202 valence electrons. The Morgan fingerprint density at radius 3 is 2.47 bits per heavy atom. The second-order valence-electron chi connectivity index (χ2n) is 9.02. The number of aliphatic carboxylic acids is 1. The van der Waals surface area contributed by atoms with Gasteiger partial charge in [0.05, 0.1) is 26.6 Å². The number of nitrogens with zero attached hydrogens (tertiary/aromatic N) is 4. The Morgan fingerprint density at radius 1 is 1.13 bits per heavy atom. The van der Waals surface area contributed by atoms with Gasteiger partial charge >= 0.3 is 12.0 Å². The number of carboxylic acids is 1. The van der Waals surface area contributed by atoms with Crippen molar-refractivity contribution in [2.75, 3.05) is 27.2 Å². The molecule has 38 heavy (non-hydrogen) atoms. The maximum Gasteiger partial charge on any atom is 0.334 e. The van der Waals surface area contributed by atoms with Crippen molar-refractivity contribution in [3.8, 4) is 5.75 Å². The number of ether oxygens (including phenoxy) is 1. The lowest BCUT2D eigenvalue weighted by atomic mass is 10.0. The first kappa shape index (κ1) is 27.5. The molecule has 4 amide bonds. The highest BCUT2D eigenvalue weighted by atomic mass is 35.5. The van der Waals surface area contributed by atoms with Gasteiger partial charge < -0.3 is 25.0 Å². The summed E-state index contributed by atoms with van der Waals surface area (Å²) in [6.45, 7) is 0.0166. The predicted molar refractivity (Wildman–Crippen MR) is 138 cm³/mol. The van der Waals surface area contributed by atoms with Gasteiger partial charge in [0, 0.05) is 30.2 Å². The van der Waals surface area contributed by atoms with Crippen molar-refractivity contribution in [1.82, 2.24) is 25.1 Å². The molecule has 4 rings (SSSR count). The average Bonchev–Trinajstić information content (AvgIpc) is 2.86. The fourth-order valence-electron chi connectivity index (χ4n) is 4.67. The zero-order valence-corrected chi connectivity index (χ0v) is 22.3. The van der Waals surface area contributed by atoms with Gasteiger partial charge in [0.2, 0.25) is 11.8 Å². The summed E-state index contributed by atoms with van der Waals surface area (Å²) in [6, 6.07) is 10.3. The molecule has 0 aliphatic carbocycles. The van der Waals surface area contributed by atoms with Gasteiger partial charge in [0.15, 0.2) is 0 Å². The van der Waals surface area contributed by atoms with Crippen LogP contribution < -0.4 is 10.1 Å². The standard InChI is InChI=1S/C25H27Cl2N5O6/c1-29-14-22(33)31-20(10-23(34)35)24(36)30(12-16-5-6-17(26)9-19(16)27)13-21(31)32(29)25(37)28-11-15-3-7-18(38-2)8-4-15/h3-9,20-21H,10-14H2,1-2H3,(H,28,37)(H,34,35)/t20-,21-/m0/s1. The fourth-order valence-corrected chi connectivity index (χ4v) is 5.14. The van der Waals surface area contributed by atoms with Crippen LogP contribution in [0.4, 0.5) is 4.79 Å². The molecule has 0 aromatic heterocycles. The summed E-state index contributed by atoms with van der Waals surface area (Å²) in [5, 5.41) is 16.0. The first-order chi connectivity index (χ1) is 18.1. The number of amides is 4. The molecule has 2 N–H and O–H groups in total. The Morgan fingerprint density at radius 2 is 1.84 bits per heavy atom. The van der Waals surface area contributed by atoms with E-state index in [-0.39, 0.29) is 26.2 Å². The van der Waals surface area contributed by atoms with Crippen molar-refractivity contribution in [2.45, 2.75) is 31.7 Å². The van der Waals surface area contributed by atoms with Gasteiger partial charge in [-0.3, -0.25) is 14.4 Å². The lowest BCUT2D eigenvalue weighted by Crippen LogP contribution is -2.76. The molecular weight excluding hydrogens is 537 g/mol. The topological polar surface area (TPSA) is 123 Å². The lowest BCUT2D eigenvalue weighted by molar-refractivity contribution is -0.189. The highest BCUT2D eigenvalue weighted by Crippen LogP contribution is 2.30. The number of carboxylic acid groups (broad SMARTS) is 1. The van der Waals surface area contributed by atoms with E-state index in [0.29, 0.717) is 21.4 Å². The minimum absolute atomic E-state index is 0.0417. The van der Waals surface area contributed by atoms with Gasteiger partial charge in [-0.2, -0.15) is 0 Å². The maximum atomic E-state index is 13.4. The molecule has 11 nitrogen and oxygen atoms in total. The Hall–Kier alpha value is -3.54. The minimum Gasteiger partial charge on any atom is -0.497 e. The van der Waals surface area contributed by atoms with Crippen LogP contribution in [0.1, 0.15) is 17.5 Å². The molecule has 2 heterocycles. The molecule has 2 aliphatic heterocycles. The van der Waals surface area contributed by atoms with Crippen LogP contribution in [0.15, 0.2) is 42.5 Å². The van der Waals surface area contributed by atoms with Crippen LogP contribution in [0.3, 0.4) is 0 Å². The van der Waals surface area contributed by atoms with Crippen molar-refractivity contribution in [2.24, 2.45) is 0 Å². The van der Waals surface area contributed by atoms with Gasteiger partial charge in [0.25, 0.3) is 0 Å². The van der Waals surface area contributed by atoms with E-state index in [0.717, 1.165) is 5.56 Å². The number of rotatable bonds is 7. The van der Waals surface area contributed by atoms with Gasteiger partial charge in [-0.25, -0.2) is 14.8 Å². The van der Waals surface area contributed by atoms with Crippen molar-refractivity contribution >= 4 is 47.0 Å². The number of urea groups is 1. The number of nitrogens with one attached hydrogen (secondary N) is 1. The Bertz CT molecular complexity index is 1240. The van der Waals surface area contributed by atoms with Crippen molar-refractivity contribution in [3.05, 3.63) is 63.6 Å². The summed E-state index contributed by atoms with van der Waals surface area (Å²) in [4.78, 5) is 54.2. The van der Waals surface area contributed by atoms with E-state index in [1.165, 1.54) is 19.8 Å². The fraction of sp³-hybridized carbons (Fsp3) is 0.360. The molecule has 2 atom stereocenters. The molecule has 0 spiro atoms. The number of piperazine rings is 1. The average molecular weight is 564 g/mol. The van der Waals surface area contributed by atoms with E-state index in [1.807, 2.05) is 12.1 Å². The van der Waals surface area contributed by atoms with Crippen LogP contribution in [-0.2, 0) is 27.5 Å². The summed E-state index contributed by atoms with van der Waals surface area (Å²) < 4.78 is 5.16. The summed E-state index contributed by atoms with van der Waals surface area (Å²) in [5.74, 6) is -1.54. The number of carbonyl (C=O) groups is 4. The van der Waals surface area contributed by atoms with E-state index in [9.17, 15) is 24.3 Å². The third kappa shape index (κ3) is 5.79. The second kappa shape index (κ2) is 11.5. The van der Waals surface area contributed by atoms with Gasteiger partial charge in [0.1, 0.15) is 18.0 Å². The lowest BCUT2D eigenvalue weighted by Gasteiger charge is -2.54. The smallest absolute Gasteiger partial charge is 0.334 e. The number of methoxy groups -OCH3 is 1. The van der Waals surface area contributed by atoms with E-state index >= 15 is 0 Å². The number of halogens is 2. The molecule has 2 aromatic rings. The highest BCUT2D eigenvalue weighted by Gasteiger charge is 2.51. The first-order valence-electron chi connectivity index (χ1n) is 11.8. The van der Waals surface area contributed by atoms with E-state index in [4.69, 9.17) is 27.9 Å². The molecule has 2 fully saturated rings. The van der Waals surface area contributed by atoms with Crippen LogP contribution in [0.2, 0.25) is 10.0 Å². The van der Waals surface area contributed by atoms with Crippen LogP contribution in [0, 0.1) is 0 Å². The normalized spacial score (nSPS) is 19.8. The molecule has 13 heteroatoms. The largest absolute Gasteiger partial charge is 0.497 e. The van der Waals surface area contributed by atoms with E-state index in [2.05, 4.69) is 5.32 Å². The third-order valence-corrected chi connectivity index (χ3v) is 7.08. The van der Waals surface area contributed by atoms with Crippen molar-refractivity contribution in [1.29, 1.82) is 0 Å². The van der Waals surface area contributed by atoms with Crippen LogP contribution >= 0.6 is 23.2 Å². The molecule has 2 aliphatic rings. The van der Waals surface area contributed by atoms with Crippen LogP contribution in [-0.4, -0.2) is 88.2 Å². The van der Waals surface area contributed by atoms with E-state index < -0.39 is 42.4 Å². The molecule has 0 radical (unpaired) electrons. The summed E-state index contributed by atoms with van der Waals surface area (Å²) in [5.41, 5.74) is 1.42. The Balaban J connectivity index is 1.60. The number of benzene rings is 2. The van der Waals surface area contributed by atoms with Gasteiger partial charge in [-0.1, -0.05) is 41.4 Å². The minimum atomic E-state index is -1.28. The molecule has 0 unspecified atom stereocenters. The van der Waals surface area contributed by atoms with Crippen LogP contribution in [0.25, 0.3) is 0 Å². The number of hydrogen-bond acceptors (Lipinski definition) is 6. The summed E-state index contributed by atoms with van der Waals surface area (Å²) in [7, 11) is 3.15. The third-order valence-electron chi connectivity index (χ3n) is 6.49. The second-order valence-corrected chi connectivity index (χ2v) is 9.86. The monoisotopic (exact) mass is 563 g/mol. The van der Waals surface area contributed by atoms with Gasteiger partial charge in [-0.05, 0) is 35.4 Å². The molecular formula is C25H27Cl2N5O6. The SMILES string of the molecule is COc1ccc(CNC(=O)N2[C@H]3CN(Cc4ccc(Cl)cc4Cl)C(=O)[C@H](CC(=O)O)N3C(=O)CN2C)cc1. The molecule has 2 saturated heterocycles. The Kier molecular flexibility index (Phi) is 8.29. The molecule has 2 aromatic carbocycles. The zero-order valence-electron chi connectivity index (χ0n) is 20.8. The summed E-state index contributed by atoms with van der Waals surface area (Å²) >= 11 is 12.3. The van der Waals surface area contributed by atoms with E-state index in [1.54, 1.807) is 44.5 Å². The zero-order chi connectivity index (χ0) is 27.6. The first-order valence-corrected chi connectivity index (χ1v) is 12.5. The molecule has 0 saturated carbocycles. The van der Waals surface area contributed by atoms with Crippen molar-refractivity contribution in [3.63, 3.8) is 0 Å². The quantitative estimate of drug-likeness (QED) is 0.530. The van der Waals surface area contributed by atoms with Crippen molar-refractivity contribution < 1.29 is 29.0 Å². The predicted octanol–water partition coefficient (Wildman–Crippen LogP) is 2.41. The van der Waals surface area contributed by atoms with Crippen LogP contribution in [0.5, 0.6) is 5.75 Å².